The Hall–Kier alpha value is -4.25. The van der Waals surface area contributed by atoms with Crippen LogP contribution in [0.3, 0.4) is 0 Å². The summed E-state index contributed by atoms with van der Waals surface area (Å²) in [7, 11) is 0. The molecule has 4 aromatic heterocycles. The molecular weight excluding hydrogens is 458 g/mol. The van der Waals surface area contributed by atoms with Gasteiger partial charge in [-0.15, -0.1) is 0 Å². The number of aromatic nitrogens is 6. The zero-order chi connectivity index (χ0) is 25.1. The van der Waals surface area contributed by atoms with Gasteiger partial charge in [-0.3, -0.25) is 9.89 Å². The smallest absolute Gasteiger partial charge is 0.252 e. The highest BCUT2D eigenvalue weighted by Gasteiger charge is 2.39. The van der Waals surface area contributed by atoms with Crippen molar-refractivity contribution in [2.75, 3.05) is 23.3 Å². The first-order chi connectivity index (χ1) is 17.4. The topological polar surface area (TPSA) is 137 Å². The fourth-order valence-corrected chi connectivity index (χ4v) is 4.23. The first-order valence-corrected chi connectivity index (χ1v) is 11.9. The molecule has 11 heteroatoms. The third-order valence-electron chi connectivity index (χ3n) is 6.26. The highest BCUT2D eigenvalue weighted by Crippen LogP contribution is 2.28. The first kappa shape index (κ1) is 23.5. The Morgan fingerprint density at radius 3 is 2.64 bits per heavy atom. The SMILES string of the molecule is Cc1cc(Nc2cc(C)[nH]n2)nc(N2CCC(O)(C(=O)NCc3ccc(-n4cccn4)nc3)CC2)c1. The lowest BCUT2D eigenvalue weighted by atomic mass is 9.90. The molecule has 0 atom stereocenters. The van der Waals surface area contributed by atoms with Gasteiger partial charge in [-0.05, 0) is 49.2 Å². The number of rotatable bonds is 7. The predicted octanol–water partition coefficient (Wildman–Crippen LogP) is 2.39. The van der Waals surface area contributed by atoms with Gasteiger partial charge in [-0.25, -0.2) is 14.6 Å². The minimum absolute atomic E-state index is 0.290. The van der Waals surface area contributed by atoms with Gasteiger partial charge in [0.1, 0.15) is 17.2 Å². The maximum atomic E-state index is 12.9. The highest BCUT2D eigenvalue weighted by molar-refractivity contribution is 5.85. The molecule has 0 bridgehead atoms. The van der Waals surface area contributed by atoms with E-state index in [1.54, 1.807) is 17.1 Å². The van der Waals surface area contributed by atoms with Crippen LogP contribution in [0.25, 0.3) is 5.82 Å². The molecule has 5 heterocycles. The molecule has 36 heavy (non-hydrogen) atoms. The highest BCUT2D eigenvalue weighted by atomic mass is 16.3. The quantitative estimate of drug-likeness (QED) is 0.312. The summed E-state index contributed by atoms with van der Waals surface area (Å²) in [6.07, 6.45) is 5.83. The van der Waals surface area contributed by atoms with Gasteiger partial charge in [-0.2, -0.15) is 10.2 Å². The second kappa shape index (κ2) is 9.78. The molecule has 1 amide bonds. The molecule has 186 valence electrons. The van der Waals surface area contributed by atoms with Crippen molar-refractivity contribution in [1.82, 2.24) is 35.3 Å². The van der Waals surface area contributed by atoms with E-state index in [1.165, 1.54) is 0 Å². The van der Waals surface area contributed by atoms with E-state index in [0.29, 0.717) is 49.9 Å². The van der Waals surface area contributed by atoms with Gasteiger partial charge in [-0.1, -0.05) is 6.07 Å². The molecule has 0 spiro atoms. The second-order valence-corrected chi connectivity index (χ2v) is 9.13. The van der Waals surface area contributed by atoms with E-state index in [0.717, 1.165) is 22.6 Å². The number of anilines is 3. The van der Waals surface area contributed by atoms with E-state index in [9.17, 15) is 9.90 Å². The molecule has 1 saturated heterocycles. The number of nitrogens with zero attached hydrogens (tertiary/aromatic N) is 6. The molecule has 0 radical (unpaired) electrons. The number of aryl methyl sites for hydroxylation is 2. The lowest BCUT2D eigenvalue weighted by molar-refractivity contribution is -0.142. The molecule has 0 saturated carbocycles. The van der Waals surface area contributed by atoms with Crippen LogP contribution in [0.4, 0.5) is 17.5 Å². The fraction of sp³-hybridized carbons (Fsp3) is 0.320. The molecule has 4 N–H and O–H groups in total. The summed E-state index contributed by atoms with van der Waals surface area (Å²) in [5.74, 6) is 2.53. The zero-order valence-corrected chi connectivity index (χ0v) is 20.3. The van der Waals surface area contributed by atoms with E-state index < -0.39 is 5.60 Å². The van der Waals surface area contributed by atoms with Gasteiger partial charge in [0, 0.05) is 62.8 Å². The van der Waals surface area contributed by atoms with Crippen molar-refractivity contribution in [3.05, 3.63) is 71.8 Å². The monoisotopic (exact) mass is 487 g/mol. The number of aromatic amines is 1. The van der Waals surface area contributed by atoms with Crippen molar-refractivity contribution in [3.8, 4) is 5.82 Å². The standard InChI is InChI=1S/C25H29N9O2/c1-17-12-20(29-21-14-18(2)31-32-21)30-23(13-17)33-10-6-25(36,7-11-33)24(35)27-16-19-4-5-22(26-15-19)34-9-3-8-28-34/h3-5,8-9,12-15,36H,6-7,10-11,16H2,1-2H3,(H,27,35)(H2,29,30,31,32). The molecule has 1 fully saturated rings. The van der Waals surface area contributed by atoms with Crippen molar-refractivity contribution in [1.29, 1.82) is 0 Å². The summed E-state index contributed by atoms with van der Waals surface area (Å²) >= 11 is 0. The van der Waals surface area contributed by atoms with Gasteiger partial charge in [0.25, 0.3) is 5.91 Å². The van der Waals surface area contributed by atoms with Crippen molar-refractivity contribution in [2.24, 2.45) is 0 Å². The number of carbonyl (C=O) groups is 1. The van der Waals surface area contributed by atoms with E-state index in [4.69, 9.17) is 4.98 Å². The van der Waals surface area contributed by atoms with Crippen LogP contribution >= 0.6 is 0 Å². The largest absolute Gasteiger partial charge is 0.380 e. The minimum Gasteiger partial charge on any atom is -0.380 e. The Kier molecular flexibility index (Phi) is 6.38. The van der Waals surface area contributed by atoms with Gasteiger partial charge in [0.15, 0.2) is 11.6 Å². The molecule has 1 aliphatic rings. The Balaban J connectivity index is 1.17. The Morgan fingerprint density at radius 2 is 1.97 bits per heavy atom. The number of hydrogen-bond acceptors (Lipinski definition) is 8. The lowest BCUT2D eigenvalue weighted by Gasteiger charge is -2.37. The van der Waals surface area contributed by atoms with E-state index >= 15 is 0 Å². The average molecular weight is 488 g/mol. The summed E-state index contributed by atoms with van der Waals surface area (Å²) in [4.78, 5) is 24.0. The minimum atomic E-state index is -1.42. The summed E-state index contributed by atoms with van der Waals surface area (Å²) in [5.41, 5.74) is 1.44. The second-order valence-electron chi connectivity index (χ2n) is 9.13. The molecule has 11 nitrogen and oxygen atoms in total. The third-order valence-corrected chi connectivity index (χ3v) is 6.26. The van der Waals surface area contributed by atoms with Crippen LogP contribution in [0.2, 0.25) is 0 Å². The Morgan fingerprint density at radius 1 is 1.14 bits per heavy atom. The fourth-order valence-electron chi connectivity index (χ4n) is 4.23. The summed E-state index contributed by atoms with van der Waals surface area (Å²) in [6, 6.07) is 11.4. The number of amides is 1. The van der Waals surface area contributed by atoms with Crippen LogP contribution in [0, 0.1) is 13.8 Å². The van der Waals surface area contributed by atoms with E-state index in [1.807, 2.05) is 56.4 Å². The van der Waals surface area contributed by atoms with Crippen LogP contribution in [0.1, 0.15) is 29.7 Å². The van der Waals surface area contributed by atoms with Crippen molar-refractivity contribution < 1.29 is 9.90 Å². The van der Waals surface area contributed by atoms with Gasteiger partial charge < -0.3 is 20.6 Å². The van der Waals surface area contributed by atoms with Gasteiger partial charge in [0.05, 0.1) is 0 Å². The number of aliphatic hydroxyl groups is 1. The Labute approximate surface area is 208 Å². The molecular formula is C25H29N9O2. The summed E-state index contributed by atoms with van der Waals surface area (Å²) < 4.78 is 1.67. The molecule has 5 rings (SSSR count). The summed E-state index contributed by atoms with van der Waals surface area (Å²) in [6.45, 7) is 5.27. The van der Waals surface area contributed by atoms with Crippen molar-refractivity contribution in [3.63, 3.8) is 0 Å². The maximum Gasteiger partial charge on any atom is 0.252 e. The lowest BCUT2D eigenvalue weighted by Crippen LogP contribution is -2.53. The van der Waals surface area contributed by atoms with E-state index in [2.05, 4.69) is 35.8 Å². The molecule has 0 unspecified atom stereocenters. The number of nitrogens with one attached hydrogen (secondary N) is 3. The molecule has 1 aliphatic heterocycles. The summed E-state index contributed by atoms with van der Waals surface area (Å²) in [5, 5.41) is 28.4. The molecule has 4 aromatic rings. The maximum absolute atomic E-state index is 12.9. The molecule has 0 aliphatic carbocycles. The van der Waals surface area contributed by atoms with E-state index in [-0.39, 0.29) is 5.91 Å². The van der Waals surface area contributed by atoms with Crippen molar-refractivity contribution >= 4 is 23.4 Å². The average Bonchev–Trinajstić information content (AvgIpc) is 3.55. The number of pyridine rings is 2. The zero-order valence-electron chi connectivity index (χ0n) is 20.3. The normalized spacial score (nSPS) is 15.0. The van der Waals surface area contributed by atoms with Crippen molar-refractivity contribution in [2.45, 2.75) is 38.8 Å². The van der Waals surface area contributed by atoms with Gasteiger partial charge >= 0.3 is 0 Å². The van der Waals surface area contributed by atoms with Crippen LogP contribution < -0.4 is 15.5 Å². The predicted molar refractivity (Wildman–Crippen MR) is 135 cm³/mol. The number of carbonyl (C=O) groups excluding carboxylic acids is 1. The van der Waals surface area contributed by atoms with Crippen LogP contribution in [-0.4, -0.2) is 59.7 Å². The number of H-pyrrole nitrogens is 1. The van der Waals surface area contributed by atoms with Crippen LogP contribution in [-0.2, 0) is 11.3 Å². The van der Waals surface area contributed by atoms with Crippen LogP contribution in [0.15, 0.2) is 55.0 Å². The van der Waals surface area contributed by atoms with Crippen LogP contribution in [0.5, 0.6) is 0 Å². The third kappa shape index (κ3) is 5.20. The number of hydrogen-bond donors (Lipinski definition) is 4. The first-order valence-electron chi connectivity index (χ1n) is 11.9. The number of piperidine rings is 1. The Bertz CT molecular complexity index is 1320. The molecule has 0 aromatic carbocycles. The van der Waals surface area contributed by atoms with Gasteiger partial charge in [0.2, 0.25) is 0 Å².